The number of aryl methyl sites for hydroxylation is 1. The van der Waals surface area contributed by atoms with Crippen LogP contribution in [0.5, 0.6) is 11.6 Å². The minimum absolute atomic E-state index is 0.0200. The molecule has 2 heterocycles. The van der Waals surface area contributed by atoms with Crippen molar-refractivity contribution in [1.29, 1.82) is 0 Å². The number of aromatic amines is 1. The summed E-state index contributed by atoms with van der Waals surface area (Å²) in [5.41, 5.74) is -1.37. The molecule has 0 radical (unpaired) electrons. The van der Waals surface area contributed by atoms with E-state index in [-0.39, 0.29) is 27.5 Å². The maximum atomic E-state index is 13.1. The Labute approximate surface area is 184 Å². The number of H-pyrrole nitrogens is 1. The molecule has 0 aliphatic carbocycles. The van der Waals surface area contributed by atoms with Crippen LogP contribution in [-0.4, -0.2) is 27.8 Å². The molecule has 6 nitrogen and oxygen atoms in total. The van der Waals surface area contributed by atoms with Gasteiger partial charge in [0.15, 0.2) is 11.6 Å². The molecule has 0 spiro atoms. The number of hydrogen-bond acceptors (Lipinski definition) is 5. The second kappa shape index (κ2) is 7.84. The molecule has 0 unspecified atom stereocenters. The summed E-state index contributed by atoms with van der Waals surface area (Å²) in [7, 11) is 0. The van der Waals surface area contributed by atoms with Gasteiger partial charge in [-0.25, -0.2) is 0 Å². The van der Waals surface area contributed by atoms with Gasteiger partial charge in [0.1, 0.15) is 32.9 Å². The van der Waals surface area contributed by atoms with Crippen molar-refractivity contribution < 1.29 is 19.1 Å². The second-order valence-electron chi connectivity index (χ2n) is 8.22. The van der Waals surface area contributed by atoms with E-state index in [1.807, 2.05) is 6.92 Å². The minimum atomic E-state index is -1.12. The van der Waals surface area contributed by atoms with E-state index in [0.717, 1.165) is 5.56 Å². The molecule has 0 saturated carbocycles. The molecule has 1 aromatic heterocycles. The fourth-order valence-corrected chi connectivity index (χ4v) is 4.13. The van der Waals surface area contributed by atoms with Crippen LogP contribution in [0.3, 0.4) is 0 Å². The minimum Gasteiger partial charge on any atom is -0.439 e. The molecule has 8 heteroatoms. The number of aromatic nitrogens is 1. The van der Waals surface area contributed by atoms with Crippen molar-refractivity contribution in [1.82, 2.24) is 4.98 Å². The summed E-state index contributed by atoms with van der Waals surface area (Å²) >= 11 is 11.9. The Kier molecular flexibility index (Phi) is 5.89. The summed E-state index contributed by atoms with van der Waals surface area (Å²) in [4.78, 5) is 40.6. The molecule has 2 aromatic rings. The molecular formula is C22H23Cl2NO5. The van der Waals surface area contributed by atoms with E-state index < -0.39 is 22.7 Å². The van der Waals surface area contributed by atoms with Crippen molar-refractivity contribution in [2.75, 3.05) is 0 Å². The van der Waals surface area contributed by atoms with E-state index in [0.29, 0.717) is 17.7 Å². The maximum Gasteiger partial charge on any atom is 0.269 e. The predicted octanol–water partition coefficient (Wildman–Crippen LogP) is 4.85. The zero-order valence-electron chi connectivity index (χ0n) is 17.4. The van der Waals surface area contributed by atoms with Gasteiger partial charge in [0.2, 0.25) is 5.88 Å². The van der Waals surface area contributed by atoms with Crippen LogP contribution in [-0.2, 0) is 20.7 Å². The molecule has 1 fully saturated rings. The summed E-state index contributed by atoms with van der Waals surface area (Å²) in [6, 6.07) is 6.41. The first-order chi connectivity index (χ1) is 13.9. The largest absolute Gasteiger partial charge is 0.439 e. The van der Waals surface area contributed by atoms with E-state index in [1.54, 1.807) is 45.9 Å². The normalized spacial score (nSPS) is 18.5. The van der Waals surface area contributed by atoms with Crippen molar-refractivity contribution in [3.8, 4) is 11.6 Å². The second-order valence-corrected chi connectivity index (χ2v) is 9.04. The highest BCUT2D eigenvalue weighted by Gasteiger charge is 2.53. The number of hydrogen-bond donors (Lipinski definition) is 1. The van der Waals surface area contributed by atoms with Gasteiger partial charge < -0.3 is 9.47 Å². The molecule has 1 aromatic carbocycles. The molecule has 1 aliphatic rings. The lowest BCUT2D eigenvalue weighted by Crippen LogP contribution is -2.58. The number of carbonyl (C=O) groups is 2. The number of ether oxygens (including phenoxy) is 2. The van der Waals surface area contributed by atoms with Crippen molar-refractivity contribution >= 4 is 34.8 Å². The number of rotatable bonds is 4. The molecule has 0 amide bonds. The van der Waals surface area contributed by atoms with Gasteiger partial charge >= 0.3 is 0 Å². The van der Waals surface area contributed by atoms with Gasteiger partial charge in [0.25, 0.3) is 5.56 Å². The van der Waals surface area contributed by atoms with Crippen LogP contribution in [0.15, 0.2) is 29.1 Å². The number of benzene rings is 1. The van der Waals surface area contributed by atoms with Crippen LogP contribution >= 0.6 is 23.2 Å². The van der Waals surface area contributed by atoms with Crippen molar-refractivity contribution in [2.45, 2.75) is 58.2 Å². The summed E-state index contributed by atoms with van der Waals surface area (Å²) in [5.74, 6) is -1.26. The maximum absolute atomic E-state index is 13.1. The quantitative estimate of drug-likeness (QED) is 0.671. The van der Waals surface area contributed by atoms with Crippen LogP contribution in [0.1, 0.15) is 51.7 Å². The molecule has 1 aliphatic heterocycles. The monoisotopic (exact) mass is 451 g/mol. The number of pyridine rings is 1. The lowest BCUT2D eigenvalue weighted by molar-refractivity contribution is -0.184. The Morgan fingerprint density at radius 2 is 1.60 bits per heavy atom. The SMILES string of the molecule is CCc1ccc(Oc2[nH]c(=O)c(Cl)cc2Cl)cc1C1C(=O)C(C)(C)OC(C)(C)C1=O. The highest BCUT2D eigenvalue weighted by atomic mass is 35.5. The Morgan fingerprint density at radius 3 is 2.17 bits per heavy atom. The topological polar surface area (TPSA) is 85.5 Å². The summed E-state index contributed by atoms with van der Waals surface area (Å²) < 4.78 is 11.5. The average molecular weight is 452 g/mol. The van der Waals surface area contributed by atoms with Gasteiger partial charge in [0, 0.05) is 0 Å². The first-order valence-corrected chi connectivity index (χ1v) is 10.3. The van der Waals surface area contributed by atoms with E-state index in [4.69, 9.17) is 32.7 Å². The third kappa shape index (κ3) is 4.04. The average Bonchev–Trinajstić information content (AvgIpc) is 2.64. The molecule has 1 N–H and O–H groups in total. The van der Waals surface area contributed by atoms with Crippen LogP contribution < -0.4 is 10.3 Å². The zero-order valence-corrected chi connectivity index (χ0v) is 18.9. The first-order valence-electron chi connectivity index (χ1n) is 9.55. The fraction of sp³-hybridized carbons (Fsp3) is 0.409. The van der Waals surface area contributed by atoms with Crippen molar-refractivity contribution in [3.63, 3.8) is 0 Å². The molecule has 160 valence electrons. The van der Waals surface area contributed by atoms with Gasteiger partial charge in [-0.15, -0.1) is 0 Å². The lowest BCUT2D eigenvalue weighted by atomic mass is 9.73. The van der Waals surface area contributed by atoms with Crippen LogP contribution in [0.2, 0.25) is 10.0 Å². The van der Waals surface area contributed by atoms with Gasteiger partial charge in [0.05, 0.1) is 0 Å². The predicted molar refractivity (Wildman–Crippen MR) is 115 cm³/mol. The summed E-state index contributed by atoms with van der Waals surface area (Å²) in [5, 5.41) is 0.0680. The highest BCUT2D eigenvalue weighted by molar-refractivity contribution is 6.35. The van der Waals surface area contributed by atoms with Gasteiger partial charge in [-0.05, 0) is 63.4 Å². The Balaban J connectivity index is 2.09. The van der Waals surface area contributed by atoms with E-state index in [9.17, 15) is 14.4 Å². The summed E-state index contributed by atoms with van der Waals surface area (Å²) in [6.07, 6.45) is 0.618. The van der Waals surface area contributed by atoms with Crippen molar-refractivity contribution in [3.05, 3.63) is 55.8 Å². The van der Waals surface area contributed by atoms with E-state index >= 15 is 0 Å². The standard InChI is InChI=1S/C22H23Cl2NO5/c1-6-11-7-8-12(29-20-15(24)10-14(23)19(28)25-20)9-13(11)16-17(26)21(2,3)30-22(4,5)18(16)27/h7-10,16H,6H2,1-5H3,(H,25,28). The van der Waals surface area contributed by atoms with Gasteiger partial charge in [-0.2, -0.15) is 0 Å². The molecule has 30 heavy (non-hydrogen) atoms. The zero-order chi connectivity index (χ0) is 22.4. The molecule has 3 rings (SSSR count). The van der Waals surface area contributed by atoms with Gasteiger partial charge in [-0.3, -0.25) is 19.4 Å². The molecule has 1 saturated heterocycles. The number of nitrogens with one attached hydrogen (secondary N) is 1. The van der Waals surface area contributed by atoms with Crippen LogP contribution in [0.25, 0.3) is 0 Å². The Bertz CT molecular complexity index is 1060. The van der Waals surface area contributed by atoms with Crippen LogP contribution in [0, 0.1) is 0 Å². The third-order valence-corrected chi connectivity index (χ3v) is 5.73. The number of ketones is 2. The molecular weight excluding hydrogens is 429 g/mol. The molecule has 0 bridgehead atoms. The molecule has 0 atom stereocenters. The number of halogens is 2. The van der Waals surface area contributed by atoms with Crippen LogP contribution in [0.4, 0.5) is 0 Å². The number of carbonyl (C=O) groups excluding carboxylic acids is 2. The fourth-order valence-electron chi connectivity index (χ4n) is 3.72. The Morgan fingerprint density at radius 1 is 1.00 bits per heavy atom. The number of Topliss-reactive ketones (excluding diaryl/α,β-unsaturated/α-hetero) is 2. The highest BCUT2D eigenvalue weighted by Crippen LogP contribution is 2.41. The first kappa shape index (κ1) is 22.5. The van der Waals surface area contributed by atoms with Crippen molar-refractivity contribution in [2.24, 2.45) is 0 Å². The summed E-state index contributed by atoms with van der Waals surface area (Å²) in [6.45, 7) is 8.61. The lowest BCUT2D eigenvalue weighted by Gasteiger charge is -2.43. The smallest absolute Gasteiger partial charge is 0.269 e. The van der Waals surface area contributed by atoms with Gasteiger partial charge in [-0.1, -0.05) is 36.2 Å². The Hall–Kier alpha value is -2.15. The third-order valence-electron chi connectivity index (χ3n) is 5.16. The van der Waals surface area contributed by atoms with E-state index in [2.05, 4.69) is 4.98 Å². The van der Waals surface area contributed by atoms with E-state index in [1.165, 1.54) is 6.07 Å².